The van der Waals surface area contributed by atoms with Gasteiger partial charge >= 0.3 is 0 Å². The van der Waals surface area contributed by atoms with Crippen LogP contribution in [0.2, 0.25) is 0 Å². The van der Waals surface area contributed by atoms with Crippen molar-refractivity contribution in [3.8, 4) is 0 Å². The predicted octanol–water partition coefficient (Wildman–Crippen LogP) is 2.17. The Hall–Kier alpha value is -0.0100. The van der Waals surface area contributed by atoms with E-state index in [0.29, 0.717) is 0 Å². The van der Waals surface area contributed by atoms with E-state index in [-0.39, 0.29) is 10.9 Å². The van der Waals surface area contributed by atoms with Gasteiger partial charge in [0.25, 0.3) is 0 Å². The summed E-state index contributed by atoms with van der Waals surface area (Å²) in [6, 6.07) is 0. The van der Waals surface area contributed by atoms with E-state index in [4.69, 9.17) is 11.6 Å². The van der Waals surface area contributed by atoms with Crippen molar-refractivity contribution < 1.29 is 0 Å². The van der Waals surface area contributed by atoms with Gasteiger partial charge < -0.3 is 5.32 Å². The van der Waals surface area contributed by atoms with Crippen LogP contribution in [-0.2, 0) is 0 Å². The molecule has 0 aliphatic carbocycles. The molecule has 0 bridgehead atoms. The second-order valence-corrected chi connectivity index (χ2v) is 3.66. The van der Waals surface area contributed by atoms with Crippen LogP contribution < -0.4 is 5.32 Å². The molecule has 0 saturated heterocycles. The third-order valence-corrected chi connectivity index (χ3v) is 2.24. The monoisotopic (exact) mass is 161 g/mol. The smallest absolute Gasteiger partial charge is 0.0484 e. The Bertz CT molecular complexity index is 108. The lowest BCUT2D eigenvalue weighted by Gasteiger charge is -2.28. The molecule has 60 valence electrons. The van der Waals surface area contributed by atoms with E-state index in [1.807, 2.05) is 13.0 Å². The van der Waals surface area contributed by atoms with Crippen molar-refractivity contribution in [1.82, 2.24) is 5.32 Å². The van der Waals surface area contributed by atoms with E-state index in [1.54, 1.807) is 0 Å². The van der Waals surface area contributed by atoms with Crippen molar-refractivity contribution >= 4 is 11.6 Å². The van der Waals surface area contributed by atoms with Gasteiger partial charge in [-0.1, -0.05) is 6.08 Å². The second kappa shape index (κ2) is 3.99. The quantitative estimate of drug-likeness (QED) is 0.492. The molecule has 1 nitrogen and oxygen atoms in total. The SMILES string of the molecule is C=CCNC(C)(C)C(C)Cl. The minimum absolute atomic E-state index is 0.00422. The molecule has 0 aromatic heterocycles. The Morgan fingerprint density at radius 1 is 1.70 bits per heavy atom. The van der Waals surface area contributed by atoms with Crippen LogP contribution in [0.15, 0.2) is 12.7 Å². The molecule has 2 heteroatoms. The third-order valence-electron chi connectivity index (χ3n) is 1.70. The average molecular weight is 162 g/mol. The Morgan fingerprint density at radius 3 is 2.50 bits per heavy atom. The summed E-state index contributed by atoms with van der Waals surface area (Å²) >= 11 is 5.91. The summed E-state index contributed by atoms with van der Waals surface area (Å²) in [5, 5.41) is 3.39. The van der Waals surface area contributed by atoms with E-state index in [0.717, 1.165) is 6.54 Å². The molecule has 0 heterocycles. The van der Waals surface area contributed by atoms with Crippen LogP contribution in [0.3, 0.4) is 0 Å². The number of hydrogen-bond donors (Lipinski definition) is 1. The highest BCUT2D eigenvalue weighted by Gasteiger charge is 2.21. The van der Waals surface area contributed by atoms with Crippen LogP contribution in [0.1, 0.15) is 20.8 Å². The zero-order chi connectivity index (χ0) is 8.20. The molecule has 0 aromatic carbocycles. The van der Waals surface area contributed by atoms with E-state index in [9.17, 15) is 0 Å². The van der Waals surface area contributed by atoms with Crippen LogP contribution in [0, 0.1) is 0 Å². The van der Waals surface area contributed by atoms with Gasteiger partial charge in [0.15, 0.2) is 0 Å². The number of rotatable bonds is 4. The highest BCUT2D eigenvalue weighted by Crippen LogP contribution is 2.13. The highest BCUT2D eigenvalue weighted by molar-refractivity contribution is 6.21. The zero-order valence-corrected chi connectivity index (χ0v) is 7.70. The van der Waals surface area contributed by atoms with E-state index in [2.05, 4.69) is 25.7 Å². The molecule has 0 radical (unpaired) electrons. The molecule has 0 aliphatic rings. The predicted molar refractivity (Wildman–Crippen MR) is 47.6 cm³/mol. The van der Waals surface area contributed by atoms with Crippen molar-refractivity contribution in [3.63, 3.8) is 0 Å². The molecule has 0 aliphatic heterocycles. The average Bonchev–Trinajstić information content (AvgIpc) is 1.84. The van der Waals surface area contributed by atoms with Gasteiger partial charge in [0.05, 0.1) is 0 Å². The summed E-state index contributed by atoms with van der Waals surface area (Å²) in [6.45, 7) is 10.6. The lowest BCUT2D eigenvalue weighted by Crippen LogP contribution is -2.45. The molecule has 0 saturated carbocycles. The summed E-state index contributed by atoms with van der Waals surface area (Å²) in [5.41, 5.74) is -0.00422. The standard InChI is InChI=1S/C8H16ClN/c1-5-6-10-8(3,4)7(2)9/h5,7,10H,1,6H2,2-4H3. The molecule has 1 atom stereocenters. The first-order valence-electron chi connectivity index (χ1n) is 3.50. The van der Waals surface area contributed by atoms with Crippen molar-refractivity contribution in [2.24, 2.45) is 0 Å². The van der Waals surface area contributed by atoms with Gasteiger partial charge in [0.1, 0.15) is 0 Å². The number of hydrogen-bond acceptors (Lipinski definition) is 1. The zero-order valence-electron chi connectivity index (χ0n) is 6.95. The molecule has 0 rings (SSSR count). The minimum atomic E-state index is -0.00422. The molecule has 0 aromatic rings. The number of halogens is 1. The Labute approximate surface area is 68.5 Å². The summed E-state index contributed by atoms with van der Waals surface area (Å²) in [7, 11) is 0. The van der Waals surface area contributed by atoms with Crippen LogP contribution in [0.25, 0.3) is 0 Å². The van der Waals surface area contributed by atoms with Crippen LogP contribution in [0.4, 0.5) is 0 Å². The first kappa shape index (κ1) is 9.99. The lowest BCUT2D eigenvalue weighted by molar-refractivity contribution is 0.401. The molecule has 1 unspecified atom stereocenters. The van der Waals surface area contributed by atoms with Crippen molar-refractivity contribution in [2.45, 2.75) is 31.7 Å². The highest BCUT2D eigenvalue weighted by atomic mass is 35.5. The first-order chi connectivity index (χ1) is 4.50. The van der Waals surface area contributed by atoms with Crippen LogP contribution >= 0.6 is 11.6 Å². The first-order valence-corrected chi connectivity index (χ1v) is 3.94. The third kappa shape index (κ3) is 3.23. The topological polar surface area (TPSA) is 12.0 Å². The Balaban J connectivity index is 3.74. The van der Waals surface area contributed by atoms with E-state index in [1.165, 1.54) is 0 Å². The van der Waals surface area contributed by atoms with Crippen molar-refractivity contribution in [2.75, 3.05) is 6.54 Å². The van der Waals surface area contributed by atoms with Crippen LogP contribution in [-0.4, -0.2) is 17.5 Å². The van der Waals surface area contributed by atoms with Crippen molar-refractivity contribution in [3.05, 3.63) is 12.7 Å². The molecule has 0 fully saturated rings. The van der Waals surface area contributed by atoms with Crippen LogP contribution in [0.5, 0.6) is 0 Å². The maximum absolute atomic E-state index is 5.91. The fourth-order valence-electron chi connectivity index (χ4n) is 0.476. The molecule has 0 spiro atoms. The summed E-state index contributed by atoms with van der Waals surface area (Å²) < 4.78 is 0. The largest absolute Gasteiger partial charge is 0.307 e. The molecular weight excluding hydrogens is 146 g/mol. The van der Waals surface area contributed by atoms with Gasteiger partial charge in [0, 0.05) is 17.5 Å². The maximum Gasteiger partial charge on any atom is 0.0484 e. The summed E-state index contributed by atoms with van der Waals surface area (Å²) in [5.74, 6) is 0. The van der Waals surface area contributed by atoms with E-state index < -0.39 is 0 Å². The molecule has 10 heavy (non-hydrogen) atoms. The Morgan fingerprint density at radius 2 is 2.20 bits per heavy atom. The normalized spacial score (nSPS) is 14.8. The number of nitrogens with one attached hydrogen (secondary N) is 1. The molecular formula is C8H16ClN. The number of alkyl halides is 1. The van der Waals surface area contributed by atoms with Crippen molar-refractivity contribution in [1.29, 1.82) is 0 Å². The fraction of sp³-hybridized carbons (Fsp3) is 0.750. The van der Waals surface area contributed by atoms with Gasteiger partial charge in [-0.2, -0.15) is 0 Å². The second-order valence-electron chi connectivity index (χ2n) is 3.01. The van der Waals surface area contributed by atoms with Gasteiger partial charge in [0.2, 0.25) is 0 Å². The van der Waals surface area contributed by atoms with Gasteiger partial charge in [-0.05, 0) is 20.8 Å². The van der Waals surface area contributed by atoms with E-state index >= 15 is 0 Å². The maximum atomic E-state index is 5.91. The lowest BCUT2D eigenvalue weighted by atomic mass is 10.0. The molecule has 0 amide bonds. The van der Waals surface area contributed by atoms with Gasteiger partial charge in [-0.3, -0.25) is 0 Å². The van der Waals surface area contributed by atoms with Gasteiger partial charge in [-0.25, -0.2) is 0 Å². The summed E-state index contributed by atoms with van der Waals surface area (Å²) in [6.07, 6.45) is 1.83. The Kier molecular flexibility index (Phi) is 3.99. The minimum Gasteiger partial charge on any atom is -0.307 e. The molecule has 1 N–H and O–H groups in total. The fourth-order valence-corrected chi connectivity index (χ4v) is 0.553. The van der Waals surface area contributed by atoms with Gasteiger partial charge in [-0.15, -0.1) is 18.2 Å². The summed E-state index contributed by atoms with van der Waals surface area (Å²) in [4.78, 5) is 0.